The minimum Gasteiger partial charge on any atom is -0.497 e. The maximum Gasteiger partial charge on any atom is 0.267 e. The van der Waals surface area contributed by atoms with Crippen LogP contribution in [0.4, 0.5) is 5.69 Å². The van der Waals surface area contributed by atoms with Gasteiger partial charge < -0.3 is 24.3 Å². The standard InChI is InChI=1S/C30H25N3O6/c1-16(29(34)32-17-6-5-7-18(14-17)36-2)39-19-8-10-23-22(15-19)20-12-13-31-26-21-9-11-24(37-3)28(38-4)25(21)30(35)33(23)27(20)26/h5-16H,1-4H3,(H,32,34)/t16-/m1/s1. The number of ether oxygens (including phenoxy) is 4. The smallest absolute Gasteiger partial charge is 0.267 e. The highest BCUT2D eigenvalue weighted by molar-refractivity contribution is 6.19. The van der Waals surface area contributed by atoms with E-state index < -0.39 is 6.10 Å². The number of carbonyl (C=O) groups is 1. The minimum atomic E-state index is -0.780. The predicted molar refractivity (Wildman–Crippen MR) is 150 cm³/mol. The van der Waals surface area contributed by atoms with Gasteiger partial charge in [-0.3, -0.25) is 19.0 Å². The third-order valence-electron chi connectivity index (χ3n) is 6.88. The van der Waals surface area contributed by atoms with Crippen LogP contribution in [-0.2, 0) is 4.79 Å². The van der Waals surface area contributed by atoms with E-state index in [-0.39, 0.29) is 11.5 Å². The summed E-state index contributed by atoms with van der Waals surface area (Å²) in [5, 5.41) is 5.57. The zero-order chi connectivity index (χ0) is 27.3. The van der Waals surface area contributed by atoms with E-state index in [1.54, 1.807) is 61.0 Å². The maximum absolute atomic E-state index is 13.9. The third-order valence-corrected chi connectivity index (χ3v) is 6.88. The van der Waals surface area contributed by atoms with Crippen LogP contribution >= 0.6 is 0 Å². The van der Waals surface area contributed by atoms with Gasteiger partial charge in [-0.15, -0.1) is 0 Å². The van der Waals surface area contributed by atoms with Crippen molar-refractivity contribution >= 4 is 49.7 Å². The molecule has 1 amide bonds. The van der Waals surface area contributed by atoms with Gasteiger partial charge in [-0.1, -0.05) is 6.07 Å². The van der Waals surface area contributed by atoms with E-state index in [0.29, 0.717) is 56.0 Å². The maximum atomic E-state index is 13.9. The molecule has 39 heavy (non-hydrogen) atoms. The zero-order valence-corrected chi connectivity index (χ0v) is 21.8. The molecule has 196 valence electrons. The number of hydrogen-bond acceptors (Lipinski definition) is 7. The second kappa shape index (κ2) is 9.36. The lowest BCUT2D eigenvalue weighted by Crippen LogP contribution is -2.30. The van der Waals surface area contributed by atoms with Crippen LogP contribution in [-0.4, -0.2) is 42.7 Å². The molecule has 0 aliphatic rings. The van der Waals surface area contributed by atoms with Crippen LogP contribution in [0.5, 0.6) is 23.0 Å². The molecule has 0 saturated heterocycles. The number of carbonyl (C=O) groups excluding carboxylic acids is 1. The fourth-order valence-corrected chi connectivity index (χ4v) is 5.08. The Balaban J connectivity index is 1.44. The van der Waals surface area contributed by atoms with E-state index in [0.717, 1.165) is 10.8 Å². The largest absolute Gasteiger partial charge is 0.497 e. The molecule has 3 heterocycles. The topological polar surface area (TPSA) is 100 Å². The molecular weight excluding hydrogens is 498 g/mol. The van der Waals surface area contributed by atoms with Gasteiger partial charge in [-0.25, -0.2) is 0 Å². The van der Waals surface area contributed by atoms with Crippen molar-refractivity contribution in [3.05, 3.63) is 77.2 Å². The number of rotatable bonds is 7. The van der Waals surface area contributed by atoms with Gasteiger partial charge in [0.05, 0.1) is 43.3 Å². The van der Waals surface area contributed by atoms with Crippen LogP contribution in [0.1, 0.15) is 6.92 Å². The number of hydrogen-bond donors (Lipinski definition) is 1. The van der Waals surface area contributed by atoms with Crippen molar-refractivity contribution in [2.45, 2.75) is 13.0 Å². The molecule has 9 heteroatoms. The molecule has 0 fully saturated rings. The minimum absolute atomic E-state index is 0.235. The summed E-state index contributed by atoms with van der Waals surface area (Å²) in [4.78, 5) is 31.3. The number of fused-ring (bicyclic) bond motifs is 5. The first kappa shape index (κ1) is 24.3. The lowest BCUT2D eigenvalue weighted by atomic mass is 10.1. The summed E-state index contributed by atoms with van der Waals surface area (Å²) in [6.45, 7) is 1.68. The molecule has 6 rings (SSSR count). The van der Waals surface area contributed by atoms with E-state index in [9.17, 15) is 9.59 Å². The number of benzene rings is 3. The molecule has 1 N–H and O–H groups in total. The van der Waals surface area contributed by atoms with Crippen molar-refractivity contribution in [2.75, 3.05) is 26.6 Å². The van der Waals surface area contributed by atoms with Crippen molar-refractivity contribution in [3.8, 4) is 23.0 Å². The van der Waals surface area contributed by atoms with Crippen LogP contribution in [0.15, 0.2) is 71.7 Å². The highest BCUT2D eigenvalue weighted by atomic mass is 16.5. The van der Waals surface area contributed by atoms with E-state index in [4.69, 9.17) is 18.9 Å². The van der Waals surface area contributed by atoms with Crippen molar-refractivity contribution in [2.24, 2.45) is 0 Å². The van der Waals surface area contributed by atoms with E-state index in [1.165, 1.54) is 14.2 Å². The molecule has 3 aromatic heterocycles. The molecule has 0 bridgehead atoms. The second-order valence-corrected chi connectivity index (χ2v) is 9.08. The van der Waals surface area contributed by atoms with Gasteiger partial charge >= 0.3 is 0 Å². The fourth-order valence-electron chi connectivity index (χ4n) is 5.08. The Morgan fingerprint density at radius 3 is 2.51 bits per heavy atom. The van der Waals surface area contributed by atoms with Crippen LogP contribution in [0.2, 0.25) is 0 Å². The zero-order valence-electron chi connectivity index (χ0n) is 21.8. The Morgan fingerprint density at radius 1 is 0.897 bits per heavy atom. The van der Waals surface area contributed by atoms with Gasteiger partial charge in [0.1, 0.15) is 11.5 Å². The van der Waals surface area contributed by atoms with E-state index in [1.807, 2.05) is 24.3 Å². The molecule has 9 nitrogen and oxygen atoms in total. The number of pyridine rings is 2. The number of amides is 1. The van der Waals surface area contributed by atoms with Crippen molar-refractivity contribution < 1.29 is 23.7 Å². The molecule has 0 spiro atoms. The average molecular weight is 524 g/mol. The van der Waals surface area contributed by atoms with Gasteiger partial charge in [-0.2, -0.15) is 0 Å². The molecule has 0 aliphatic carbocycles. The Morgan fingerprint density at radius 2 is 1.74 bits per heavy atom. The fraction of sp³-hybridized carbons (Fsp3) is 0.167. The summed E-state index contributed by atoms with van der Waals surface area (Å²) >= 11 is 0. The summed E-state index contributed by atoms with van der Waals surface area (Å²) in [7, 11) is 4.61. The SMILES string of the molecule is COc1cccc(NC(=O)[C@@H](C)Oc2ccc3c(c2)c2ccnc4c5ccc(OC)c(OC)c5c(=O)n3c24)c1. The van der Waals surface area contributed by atoms with Gasteiger partial charge in [-0.05, 0) is 55.5 Å². The van der Waals surface area contributed by atoms with Crippen molar-refractivity contribution in [1.29, 1.82) is 0 Å². The second-order valence-electron chi connectivity index (χ2n) is 9.08. The molecule has 0 aliphatic heterocycles. The van der Waals surface area contributed by atoms with Crippen molar-refractivity contribution in [3.63, 3.8) is 0 Å². The van der Waals surface area contributed by atoms with E-state index in [2.05, 4.69) is 10.3 Å². The van der Waals surface area contributed by atoms with Crippen LogP contribution in [0.25, 0.3) is 38.1 Å². The number of aromatic nitrogens is 2. The first-order chi connectivity index (χ1) is 18.9. The molecular formula is C30H25N3O6. The summed E-state index contributed by atoms with van der Waals surface area (Å²) in [5.41, 5.74) is 2.45. The van der Waals surface area contributed by atoms with Gasteiger partial charge in [0, 0.05) is 34.1 Å². The molecule has 0 radical (unpaired) electrons. The number of nitrogens with one attached hydrogen (secondary N) is 1. The van der Waals surface area contributed by atoms with Gasteiger partial charge in [0.25, 0.3) is 11.5 Å². The van der Waals surface area contributed by atoms with Crippen LogP contribution < -0.4 is 29.8 Å². The van der Waals surface area contributed by atoms with Gasteiger partial charge in [0.15, 0.2) is 17.6 Å². The van der Waals surface area contributed by atoms with Crippen LogP contribution in [0.3, 0.4) is 0 Å². The summed E-state index contributed by atoms with van der Waals surface area (Å²) < 4.78 is 23.9. The lowest BCUT2D eigenvalue weighted by molar-refractivity contribution is -0.122. The Kier molecular flexibility index (Phi) is 5.83. The lowest BCUT2D eigenvalue weighted by Gasteiger charge is -2.15. The summed E-state index contributed by atoms with van der Waals surface area (Å²) in [5.74, 6) is 1.66. The average Bonchev–Trinajstić information content (AvgIpc) is 3.29. The molecule has 1 atom stereocenters. The molecule has 0 unspecified atom stereocenters. The van der Waals surface area contributed by atoms with Crippen molar-refractivity contribution in [1.82, 2.24) is 9.38 Å². The number of methoxy groups -OCH3 is 3. The summed E-state index contributed by atoms with van der Waals surface area (Å²) in [6.07, 6.45) is 0.938. The number of nitrogens with zero attached hydrogens (tertiary/aromatic N) is 2. The Hall–Kier alpha value is -5.05. The monoisotopic (exact) mass is 523 g/mol. The molecule has 0 saturated carbocycles. The van der Waals surface area contributed by atoms with Crippen LogP contribution in [0, 0.1) is 0 Å². The highest BCUT2D eigenvalue weighted by Crippen LogP contribution is 2.39. The third kappa shape index (κ3) is 3.82. The predicted octanol–water partition coefficient (Wildman–Crippen LogP) is 5.02. The first-order valence-electron chi connectivity index (χ1n) is 12.3. The number of anilines is 1. The van der Waals surface area contributed by atoms with E-state index >= 15 is 0 Å². The quantitative estimate of drug-likeness (QED) is 0.293. The molecule has 6 aromatic rings. The normalized spacial score (nSPS) is 12.2. The molecule has 3 aromatic carbocycles. The Labute approximate surface area is 222 Å². The first-order valence-corrected chi connectivity index (χ1v) is 12.3. The summed E-state index contributed by atoms with van der Waals surface area (Å²) in [6, 6.07) is 18.0. The van der Waals surface area contributed by atoms with Gasteiger partial charge in [0.2, 0.25) is 0 Å². The highest BCUT2D eigenvalue weighted by Gasteiger charge is 2.23. The Bertz CT molecular complexity index is 1950.